The summed E-state index contributed by atoms with van der Waals surface area (Å²) in [5.74, 6) is -1.02. The van der Waals surface area contributed by atoms with E-state index in [0.717, 1.165) is 65.2 Å². The van der Waals surface area contributed by atoms with Crippen LogP contribution in [0.4, 0.5) is 0 Å². The maximum atomic E-state index is 12.1. The molecule has 0 radical (unpaired) electrons. The van der Waals surface area contributed by atoms with Crippen molar-refractivity contribution >= 4 is 11.8 Å². The van der Waals surface area contributed by atoms with Crippen LogP contribution < -0.4 is 16.0 Å². The predicted molar refractivity (Wildman–Crippen MR) is 105 cm³/mol. The van der Waals surface area contributed by atoms with Gasteiger partial charge in [-0.2, -0.15) is 0 Å². The fourth-order valence-corrected chi connectivity index (χ4v) is 3.67. The molecule has 0 aromatic heterocycles. The molecule has 0 spiro atoms. The van der Waals surface area contributed by atoms with Gasteiger partial charge in [0.1, 0.15) is 0 Å². The van der Waals surface area contributed by atoms with Gasteiger partial charge in [-0.3, -0.25) is 19.4 Å². The Hall–Kier alpha value is -1.96. The molecule has 1 aromatic carbocycles. The number of nitrogens with one attached hydrogen (secondary N) is 3. The van der Waals surface area contributed by atoms with Crippen molar-refractivity contribution in [3.05, 3.63) is 35.9 Å². The minimum Gasteiger partial charge on any atom is -0.347 e. The second-order valence-corrected chi connectivity index (χ2v) is 7.36. The van der Waals surface area contributed by atoms with E-state index in [9.17, 15) is 9.59 Å². The number of hydrogen-bond donors (Lipinski definition) is 3. The van der Waals surface area contributed by atoms with Crippen molar-refractivity contribution in [3.63, 3.8) is 0 Å². The van der Waals surface area contributed by atoms with E-state index in [2.05, 4.69) is 50.0 Å². The van der Waals surface area contributed by atoms with E-state index < -0.39 is 11.8 Å². The molecule has 0 atom stereocenters. The summed E-state index contributed by atoms with van der Waals surface area (Å²) in [6.45, 7) is 8.06. The lowest BCUT2D eigenvalue weighted by Crippen LogP contribution is -2.50. The van der Waals surface area contributed by atoms with E-state index in [1.165, 1.54) is 5.56 Å². The molecule has 0 unspecified atom stereocenters. The molecule has 3 N–H and O–H groups in total. The second-order valence-electron chi connectivity index (χ2n) is 7.36. The molecule has 7 heteroatoms. The fourth-order valence-electron chi connectivity index (χ4n) is 3.67. The Bertz CT molecular complexity index is 596. The van der Waals surface area contributed by atoms with Gasteiger partial charge < -0.3 is 16.0 Å². The standard InChI is InChI=1S/C20H31N5O2/c26-19(22-10-15-24-13-8-21-9-14-24)20(27)23-18-6-11-25(12-7-18)16-17-4-2-1-3-5-17/h1-5,18,21H,6-16H2,(H,22,26)(H,23,27). The van der Waals surface area contributed by atoms with Gasteiger partial charge in [0.25, 0.3) is 0 Å². The summed E-state index contributed by atoms with van der Waals surface area (Å²) in [7, 11) is 0. The molecule has 3 rings (SSSR count). The Morgan fingerprint density at radius 3 is 2.37 bits per heavy atom. The van der Waals surface area contributed by atoms with E-state index >= 15 is 0 Å². The smallest absolute Gasteiger partial charge is 0.309 e. The Morgan fingerprint density at radius 1 is 0.963 bits per heavy atom. The van der Waals surface area contributed by atoms with Crippen LogP contribution in [-0.4, -0.2) is 80.0 Å². The normalized spacial score (nSPS) is 19.6. The molecular formula is C20H31N5O2. The summed E-state index contributed by atoms with van der Waals surface area (Å²) >= 11 is 0. The van der Waals surface area contributed by atoms with Gasteiger partial charge in [-0.1, -0.05) is 30.3 Å². The van der Waals surface area contributed by atoms with Gasteiger partial charge in [0, 0.05) is 64.9 Å². The number of carbonyl (C=O) groups excluding carboxylic acids is 2. The molecule has 0 saturated carbocycles. The number of rotatable bonds is 6. The molecular weight excluding hydrogens is 342 g/mol. The fraction of sp³-hybridized carbons (Fsp3) is 0.600. The summed E-state index contributed by atoms with van der Waals surface area (Å²) in [6.07, 6.45) is 1.76. The number of piperazine rings is 1. The van der Waals surface area contributed by atoms with Crippen LogP contribution in [-0.2, 0) is 16.1 Å². The Kier molecular flexibility index (Phi) is 7.62. The lowest BCUT2D eigenvalue weighted by Gasteiger charge is -2.32. The molecule has 2 aliphatic rings. The first-order chi connectivity index (χ1) is 13.2. The van der Waals surface area contributed by atoms with E-state index in [4.69, 9.17) is 0 Å². The van der Waals surface area contributed by atoms with Gasteiger partial charge in [-0.05, 0) is 18.4 Å². The Labute approximate surface area is 161 Å². The lowest BCUT2D eigenvalue weighted by atomic mass is 10.0. The average molecular weight is 374 g/mol. The third-order valence-electron chi connectivity index (χ3n) is 5.30. The van der Waals surface area contributed by atoms with Gasteiger partial charge in [-0.25, -0.2) is 0 Å². The van der Waals surface area contributed by atoms with E-state index in [0.29, 0.717) is 6.54 Å². The molecule has 27 heavy (non-hydrogen) atoms. The van der Waals surface area contributed by atoms with Crippen LogP contribution in [0.15, 0.2) is 30.3 Å². The predicted octanol–water partition coefficient (Wildman–Crippen LogP) is -0.211. The summed E-state index contributed by atoms with van der Waals surface area (Å²) in [6, 6.07) is 10.5. The minimum atomic E-state index is -0.517. The molecule has 2 amide bonds. The topological polar surface area (TPSA) is 76.7 Å². The summed E-state index contributed by atoms with van der Waals surface area (Å²) in [5, 5.41) is 8.93. The zero-order chi connectivity index (χ0) is 18.9. The number of likely N-dealkylation sites (tertiary alicyclic amines) is 1. The third-order valence-corrected chi connectivity index (χ3v) is 5.30. The second kappa shape index (κ2) is 10.4. The lowest BCUT2D eigenvalue weighted by molar-refractivity contribution is -0.139. The number of carbonyl (C=O) groups is 2. The molecule has 0 aliphatic carbocycles. The Morgan fingerprint density at radius 2 is 1.67 bits per heavy atom. The van der Waals surface area contributed by atoms with Crippen LogP contribution >= 0.6 is 0 Å². The number of amides is 2. The molecule has 1 aromatic rings. The van der Waals surface area contributed by atoms with Crippen LogP contribution in [0.3, 0.4) is 0 Å². The molecule has 0 bridgehead atoms. The van der Waals surface area contributed by atoms with Crippen LogP contribution in [0.5, 0.6) is 0 Å². The first-order valence-corrected chi connectivity index (χ1v) is 9.99. The van der Waals surface area contributed by atoms with Crippen LogP contribution in [0.1, 0.15) is 18.4 Å². The van der Waals surface area contributed by atoms with Crippen molar-refractivity contribution in [2.24, 2.45) is 0 Å². The largest absolute Gasteiger partial charge is 0.347 e. The third kappa shape index (κ3) is 6.61. The molecule has 2 fully saturated rings. The molecule has 2 aliphatic heterocycles. The van der Waals surface area contributed by atoms with E-state index in [1.807, 2.05) is 6.07 Å². The van der Waals surface area contributed by atoms with Gasteiger partial charge in [-0.15, -0.1) is 0 Å². The first-order valence-electron chi connectivity index (χ1n) is 9.99. The molecule has 7 nitrogen and oxygen atoms in total. The van der Waals surface area contributed by atoms with Crippen molar-refractivity contribution < 1.29 is 9.59 Å². The van der Waals surface area contributed by atoms with Gasteiger partial charge in [0.15, 0.2) is 0 Å². The van der Waals surface area contributed by atoms with Crippen molar-refractivity contribution in [3.8, 4) is 0 Å². The van der Waals surface area contributed by atoms with Gasteiger partial charge in [0.05, 0.1) is 0 Å². The number of benzene rings is 1. The number of hydrogen-bond acceptors (Lipinski definition) is 5. The Balaban J connectivity index is 1.30. The van der Waals surface area contributed by atoms with Crippen molar-refractivity contribution in [2.75, 3.05) is 52.4 Å². The highest BCUT2D eigenvalue weighted by Gasteiger charge is 2.23. The molecule has 2 heterocycles. The van der Waals surface area contributed by atoms with Crippen molar-refractivity contribution in [1.82, 2.24) is 25.8 Å². The number of piperidine rings is 1. The maximum absolute atomic E-state index is 12.1. The highest BCUT2D eigenvalue weighted by atomic mass is 16.2. The average Bonchev–Trinajstić information content (AvgIpc) is 2.71. The van der Waals surface area contributed by atoms with Crippen LogP contribution in [0, 0.1) is 0 Å². The molecule has 2 saturated heterocycles. The summed E-state index contributed by atoms with van der Waals surface area (Å²) in [4.78, 5) is 28.8. The molecule has 148 valence electrons. The van der Waals surface area contributed by atoms with Crippen molar-refractivity contribution in [2.45, 2.75) is 25.4 Å². The maximum Gasteiger partial charge on any atom is 0.309 e. The van der Waals surface area contributed by atoms with E-state index in [1.54, 1.807) is 0 Å². The highest BCUT2D eigenvalue weighted by molar-refractivity contribution is 6.35. The quantitative estimate of drug-likeness (QED) is 0.602. The van der Waals surface area contributed by atoms with Crippen molar-refractivity contribution in [1.29, 1.82) is 0 Å². The van der Waals surface area contributed by atoms with Crippen LogP contribution in [0.25, 0.3) is 0 Å². The zero-order valence-electron chi connectivity index (χ0n) is 16.0. The summed E-state index contributed by atoms with van der Waals surface area (Å²) in [5.41, 5.74) is 1.31. The van der Waals surface area contributed by atoms with Gasteiger partial charge in [0.2, 0.25) is 0 Å². The minimum absolute atomic E-state index is 0.0865. The zero-order valence-corrected chi connectivity index (χ0v) is 16.0. The number of nitrogens with zero attached hydrogens (tertiary/aromatic N) is 2. The SMILES string of the molecule is O=C(NCCN1CCNCC1)C(=O)NC1CCN(Cc2ccccc2)CC1. The van der Waals surface area contributed by atoms with E-state index in [-0.39, 0.29) is 6.04 Å². The van der Waals surface area contributed by atoms with Crippen LogP contribution in [0.2, 0.25) is 0 Å². The van der Waals surface area contributed by atoms with Gasteiger partial charge >= 0.3 is 11.8 Å². The monoisotopic (exact) mass is 373 g/mol. The first kappa shape index (κ1) is 19.8. The summed E-state index contributed by atoms with van der Waals surface area (Å²) < 4.78 is 0. The highest BCUT2D eigenvalue weighted by Crippen LogP contribution is 2.13.